The van der Waals surface area contributed by atoms with E-state index >= 15 is 0 Å². The summed E-state index contributed by atoms with van der Waals surface area (Å²) in [6.07, 6.45) is 0. The summed E-state index contributed by atoms with van der Waals surface area (Å²) in [7, 11) is 5.96. The molecule has 0 aliphatic carbocycles. The third-order valence-electron chi connectivity index (χ3n) is 5.29. The van der Waals surface area contributed by atoms with Crippen LogP contribution in [0.15, 0.2) is 60.7 Å². The highest BCUT2D eigenvalue weighted by molar-refractivity contribution is 5.97. The Balaban J connectivity index is 1.53. The van der Waals surface area contributed by atoms with Gasteiger partial charge >= 0.3 is 0 Å². The normalized spacial score (nSPS) is 10.2. The van der Waals surface area contributed by atoms with E-state index in [4.69, 9.17) is 23.7 Å². The molecule has 0 aromatic heterocycles. The molecule has 0 heterocycles. The Morgan fingerprint density at radius 3 is 1.97 bits per heavy atom. The lowest BCUT2D eigenvalue weighted by Crippen LogP contribution is -2.36. The fraction of sp³-hybridized carbons (Fsp3) is 0.259. The molecule has 9 nitrogen and oxygen atoms in total. The quantitative estimate of drug-likeness (QED) is 0.398. The van der Waals surface area contributed by atoms with Crippen molar-refractivity contribution < 1.29 is 33.3 Å². The van der Waals surface area contributed by atoms with Gasteiger partial charge in [0.2, 0.25) is 11.7 Å². The SMILES string of the molecule is COc1cc(CNC(=O)CNC(=O)c2cc(OC)c(OC)c(OC)c2)ccc1OCc1ccccc1. The summed E-state index contributed by atoms with van der Waals surface area (Å²) in [6.45, 7) is 0.470. The lowest BCUT2D eigenvalue weighted by Gasteiger charge is -2.14. The molecule has 0 bridgehead atoms. The van der Waals surface area contributed by atoms with Crippen LogP contribution >= 0.6 is 0 Å². The van der Waals surface area contributed by atoms with Gasteiger partial charge in [-0.1, -0.05) is 36.4 Å². The molecule has 0 aliphatic rings. The van der Waals surface area contributed by atoms with Crippen molar-refractivity contribution in [3.05, 3.63) is 77.4 Å². The molecule has 3 aromatic rings. The minimum absolute atomic E-state index is 0.203. The lowest BCUT2D eigenvalue weighted by molar-refractivity contribution is -0.120. The molecule has 0 atom stereocenters. The topological polar surface area (TPSA) is 104 Å². The van der Waals surface area contributed by atoms with E-state index in [1.54, 1.807) is 19.2 Å². The monoisotopic (exact) mass is 494 g/mol. The molecule has 0 fully saturated rings. The van der Waals surface area contributed by atoms with Crippen LogP contribution in [0.4, 0.5) is 0 Å². The Kier molecular flexibility index (Phi) is 9.39. The lowest BCUT2D eigenvalue weighted by atomic mass is 10.1. The molecule has 3 aromatic carbocycles. The van der Waals surface area contributed by atoms with Gasteiger partial charge in [-0.2, -0.15) is 0 Å². The highest BCUT2D eigenvalue weighted by Gasteiger charge is 2.17. The van der Waals surface area contributed by atoms with E-state index in [9.17, 15) is 9.59 Å². The minimum Gasteiger partial charge on any atom is -0.493 e. The second-order valence-electron chi connectivity index (χ2n) is 7.63. The number of carbonyl (C=O) groups excluding carboxylic acids is 2. The van der Waals surface area contributed by atoms with Crippen LogP contribution in [0.3, 0.4) is 0 Å². The van der Waals surface area contributed by atoms with Crippen molar-refractivity contribution in [1.82, 2.24) is 10.6 Å². The summed E-state index contributed by atoms with van der Waals surface area (Å²) in [4.78, 5) is 24.9. The molecule has 2 amide bonds. The number of nitrogens with one attached hydrogen (secondary N) is 2. The zero-order chi connectivity index (χ0) is 25.9. The van der Waals surface area contributed by atoms with Gasteiger partial charge < -0.3 is 34.3 Å². The third kappa shape index (κ3) is 6.82. The van der Waals surface area contributed by atoms with E-state index in [1.165, 1.54) is 33.5 Å². The zero-order valence-corrected chi connectivity index (χ0v) is 20.8. The fourth-order valence-electron chi connectivity index (χ4n) is 3.41. The predicted molar refractivity (Wildman–Crippen MR) is 134 cm³/mol. The van der Waals surface area contributed by atoms with Crippen molar-refractivity contribution in [2.45, 2.75) is 13.2 Å². The number of amides is 2. The Morgan fingerprint density at radius 2 is 1.36 bits per heavy atom. The molecule has 0 saturated heterocycles. The first-order chi connectivity index (χ1) is 17.5. The van der Waals surface area contributed by atoms with Crippen LogP contribution in [-0.4, -0.2) is 46.8 Å². The second-order valence-corrected chi connectivity index (χ2v) is 7.63. The molecule has 9 heteroatoms. The standard InChI is InChI=1S/C27H30N2O7/c1-32-22-12-19(10-11-21(22)36-17-18-8-6-5-7-9-18)15-28-25(30)16-29-27(31)20-13-23(33-2)26(35-4)24(14-20)34-3/h5-14H,15-17H2,1-4H3,(H,28,30)(H,29,31). The molecule has 0 saturated carbocycles. The van der Waals surface area contributed by atoms with Crippen LogP contribution in [0.1, 0.15) is 21.5 Å². The number of hydrogen-bond acceptors (Lipinski definition) is 7. The van der Waals surface area contributed by atoms with Crippen LogP contribution in [0.2, 0.25) is 0 Å². The molecule has 36 heavy (non-hydrogen) atoms. The number of ether oxygens (including phenoxy) is 5. The van der Waals surface area contributed by atoms with E-state index in [2.05, 4.69) is 10.6 Å². The maximum Gasteiger partial charge on any atom is 0.251 e. The van der Waals surface area contributed by atoms with Crippen LogP contribution < -0.4 is 34.3 Å². The van der Waals surface area contributed by atoms with Gasteiger partial charge in [-0.25, -0.2) is 0 Å². The van der Waals surface area contributed by atoms with E-state index < -0.39 is 5.91 Å². The van der Waals surface area contributed by atoms with Crippen LogP contribution in [0.5, 0.6) is 28.7 Å². The van der Waals surface area contributed by atoms with Crippen molar-refractivity contribution in [3.63, 3.8) is 0 Å². The van der Waals surface area contributed by atoms with Gasteiger partial charge in [0, 0.05) is 12.1 Å². The molecule has 190 valence electrons. The number of methoxy groups -OCH3 is 4. The number of benzene rings is 3. The van der Waals surface area contributed by atoms with Gasteiger partial charge in [-0.15, -0.1) is 0 Å². The van der Waals surface area contributed by atoms with Crippen molar-refractivity contribution in [2.24, 2.45) is 0 Å². The summed E-state index contributed by atoms with van der Waals surface area (Å²) in [5.74, 6) is 1.43. The maximum atomic E-state index is 12.6. The van der Waals surface area contributed by atoms with Crippen LogP contribution in [0.25, 0.3) is 0 Å². The van der Waals surface area contributed by atoms with E-state index in [1.807, 2.05) is 36.4 Å². The fourth-order valence-corrected chi connectivity index (χ4v) is 3.41. The average molecular weight is 495 g/mol. The van der Waals surface area contributed by atoms with Crippen LogP contribution in [0, 0.1) is 0 Å². The Morgan fingerprint density at radius 1 is 0.694 bits per heavy atom. The molecule has 0 radical (unpaired) electrons. The summed E-state index contributed by atoms with van der Waals surface area (Å²) >= 11 is 0. The van der Waals surface area contributed by atoms with Crippen LogP contribution in [-0.2, 0) is 17.9 Å². The highest BCUT2D eigenvalue weighted by atomic mass is 16.5. The highest BCUT2D eigenvalue weighted by Crippen LogP contribution is 2.38. The Hall–Kier alpha value is -4.40. The van der Waals surface area contributed by atoms with Gasteiger partial charge in [0.25, 0.3) is 5.91 Å². The van der Waals surface area contributed by atoms with Gasteiger partial charge in [-0.3, -0.25) is 9.59 Å². The van der Waals surface area contributed by atoms with E-state index in [0.717, 1.165) is 11.1 Å². The molecule has 3 rings (SSSR count). The second kappa shape index (κ2) is 12.9. The maximum absolute atomic E-state index is 12.6. The largest absolute Gasteiger partial charge is 0.493 e. The van der Waals surface area contributed by atoms with E-state index in [-0.39, 0.29) is 24.6 Å². The van der Waals surface area contributed by atoms with Gasteiger partial charge in [0.1, 0.15) is 6.61 Å². The van der Waals surface area contributed by atoms with Gasteiger partial charge in [0.15, 0.2) is 23.0 Å². The van der Waals surface area contributed by atoms with Crippen molar-refractivity contribution in [1.29, 1.82) is 0 Å². The first kappa shape index (κ1) is 26.2. The summed E-state index contributed by atoms with van der Waals surface area (Å²) in [6, 6.07) is 18.3. The van der Waals surface area contributed by atoms with E-state index in [0.29, 0.717) is 35.4 Å². The number of carbonyl (C=O) groups is 2. The minimum atomic E-state index is -0.453. The smallest absolute Gasteiger partial charge is 0.251 e. The molecular weight excluding hydrogens is 464 g/mol. The van der Waals surface area contributed by atoms with Gasteiger partial charge in [-0.05, 0) is 35.4 Å². The van der Waals surface area contributed by atoms with Crippen molar-refractivity contribution >= 4 is 11.8 Å². The van der Waals surface area contributed by atoms with Gasteiger partial charge in [0.05, 0.1) is 35.0 Å². The summed E-state index contributed by atoms with van der Waals surface area (Å²) in [5, 5.41) is 5.37. The molecule has 0 aliphatic heterocycles. The first-order valence-electron chi connectivity index (χ1n) is 11.2. The van der Waals surface area contributed by atoms with Crippen molar-refractivity contribution in [3.8, 4) is 28.7 Å². The predicted octanol–water partition coefficient (Wildman–Crippen LogP) is 3.35. The first-order valence-corrected chi connectivity index (χ1v) is 11.2. The summed E-state index contributed by atoms with van der Waals surface area (Å²) in [5.41, 5.74) is 2.14. The Labute approximate surface area is 210 Å². The summed E-state index contributed by atoms with van der Waals surface area (Å²) < 4.78 is 27.1. The molecular formula is C27H30N2O7. The number of hydrogen-bond donors (Lipinski definition) is 2. The molecule has 2 N–H and O–H groups in total. The zero-order valence-electron chi connectivity index (χ0n) is 20.8. The average Bonchev–Trinajstić information content (AvgIpc) is 2.93. The number of rotatable bonds is 12. The molecule has 0 spiro atoms. The molecule has 0 unspecified atom stereocenters. The van der Waals surface area contributed by atoms with Crippen molar-refractivity contribution in [2.75, 3.05) is 35.0 Å². The third-order valence-corrected chi connectivity index (χ3v) is 5.29. The Bertz CT molecular complexity index is 1160.